The Kier molecular flexibility index (Phi) is 4.30. The van der Waals surface area contributed by atoms with Crippen LogP contribution < -0.4 is 4.74 Å². The molecule has 2 heterocycles. The van der Waals surface area contributed by atoms with Crippen LogP contribution >= 0.6 is 11.3 Å². The maximum absolute atomic E-state index is 5.40. The number of para-hydroxylation sites is 1. The molecule has 1 aromatic carbocycles. The molecular formula is C15H18N2O2S. The van der Waals surface area contributed by atoms with Crippen LogP contribution in [0.1, 0.15) is 4.88 Å². The van der Waals surface area contributed by atoms with Crippen molar-refractivity contribution in [3.63, 3.8) is 0 Å². The summed E-state index contributed by atoms with van der Waals surface area (Å²) in [7, 11) is 1.70. The molecule has 20 heavy (non-hydrogen) atoms. The minimum atomic E-state index is 0.832. The molecule has 4 nitrogen and oxygen atoms in total. The van der Waals surface area contributed by atoms with Crippen LogP contribution in [0, 0.1) is 0 Å². The Bertz CT molecular complexity index is 565. The smallest absolute Gasteiger partial charge is 0.129 e. The number of methoxy groups -OCH3 is 1. The Hall–Kier alpha value is -1.43. The summed E-state index contributed by atoms with van der Waals surface area (Å²) < 4.78 is 10.8. The second kappa shape index (κ2) is 6.35. The van der Waals surface area contributed by atoms with Crippen LogP contribution in [0.25, 0.3) is 10.6 Å². The van der Waals surface area contributed by atoms with Gasteiger partial charge < -0.3 is 9.47 Å². The van der Waals surface area contributed by atoms with Gasteiger partial charge in [0.1, 0.15) is 10.8 Å². The van der Waals surface area contributed by atoms with Crippen LogP contribution in [-0.2, 0) is 11.3 Å². The number of aromatic nitrogens is 1. The molecule has 0 atom stereocenters. The van der Waals surface area contributed by atoms with Crippen LogP contribution in [0.15, 0.2) is 30.5 Å². The van der Waals surface area contributed by atoms with Crippen molar-refractivity contribution in [1.29, 1.82) is 0 Å². The van der Waals surface area contributed by atoms with Crippen molar-refractivity contribution in [3.05, 3.63) is 35.3 Å². The third kappa shape index (κ3) is 3.00. The molecular weight excluding hydrogens is 272 g/mol. The summed E-state index contributed by atoms with van der Waals surface area (Å²) in [5.41, 5.74) is 1.06. The van der Waals surface area contributed by atoms with E-state index in [2.05, 4.69) is 16.0 Å². The van der Waals surface area contributed by atoms with Gasteiger partial charge >= 0.3 is 0 Å². The minimum absolute atomic E-state index is 0.832. The Morgan fingerprint density at radius 2 is 2.10 bits per heavy atom. The Balaban J connectivity index is 1.75. The second-order valence-corrected chi connectivity index (χ2v) is 5.84. The van der Waals surface area contributed by atoms with Gasteiger partial charge in [-0.2, -0.15) is 0 Å². The Morgan fingerprint density at radius 3 is 2.90 bits per heavy atom. The van der Waals surface area contributed by atoms with Gasteiger partial charge in [-0.25, -0.2) is 4.98 Å². The van der Waals surface area contributed by atoms with Crippen LogP contribution in [0.4, 0.5) is 0 Å². The maximum Gasteiger partial charge on any atom is 0.129 e. The van der Waals surface area contributed by atoms with Crippen LogP contribution in [0.5, 0.6) is 5.75 Å². The molecule has 0 spiro atoms. The van der Waals surface area contributed by atoms with Crippen molar-refractivity contribution >= 4 is 11.3 Å². The van der Waals surface area contributed by atoms with Gasteiger partial charge in [0.15, 0.2) is 0 Å². The second-order valence-electron chi connectivity index (χ2n) is 4.72. The maximum atomic E-state index is 5.40. The number of rotatable bonds is 4. The molecule has 1 saturated heterocycles. The molecule has 0 radical (unpaired) electrons. The average molecular weight is 290 g/mol. The van der Waals surface area contributed by atoms with Gasteiger partial charge in [-0.1, -0.05) is 12.1 Å². The molecule has 0 aliphatic carbocycles. The standard InChI is InChI=1S/C15H18N2O2S/c1-18-14-5-3-2-4-13(14)15-16-10-12(20-15)11-17-6-8-19-9-7-17/h2-5,10H,6-9,11H2,1H3. The van der Waals surface area contributed by atoms with Gasteiger partial charge in [-0.05, 0) is 12.1 Å². The van der Waals surface area contributed by atoms with Crippen molar-refractivity contribution < 1.29 is 9.47 Å². The number of nitrogens with zero attached hydrogens (tertiary/aromatic N) is 2. The van der Waals surface area contributed by atoms with Gasteiger partial charge in [0.05, 0.1) is 25.9 Å². The van der Waals surface area contributed by atoms with E-state index in [1.165, 1.54) is 4.88 Å². The SMILES string of the molecule is COc1ccccc1-c1ncc(CN2CCOCC2)s1. The van der Waals surface area contributed by atoms with Crippen molar-refractivity contribution in [2.45, 2.75) is 6.54 Å². The van der Waals surface area contributed by atoms with E-state index < -0.39 is 0 Å². The molecule has 1 aliphatic heterocycles. The zero-order valence-corrected chi connectivity index (χ0v) is 12.4. The summed E-state index contributed by atoms with van der Waals surface area (Å²) >= 11 is 1.74. The number of thiazole rings is 1. The van der Waals surface area contributed by atoms with E-state index in [1.54, 1.807) is 18.4 Å². The molecule has 106 valence electrons. The number of morpholine rings is 1. The summed E-state index contributed by atoms with van der Waals surface area (Å²) in [5.74, 6) is 0.875. The average Bonchev–Trinajstić information content (AvgIpc) is 2.96. The van der Waals surface area contributed by atoms with E-state index in [-0.39, 0.29) is 0 Å². The number of benzene rings is 1. The molecule has 0 unspecified atom stereocenters. The first kappa shape index (κ1) is 13.5. The Morgan fingerprint density at radius 1 is 1.30 bits per heavy atom. The third-order valence-corrected chi connectivity index (χ3v) is 4.39. The molecule has 0 saturated carbocycles. The van der Waals surface area contributed by atoms with E-state index in [1.807, 2.05) is 24.4 Å². The predicted octanol–water partition coefficient (Wildman–Crippen LogP) is 2.65. The van der Waals surface area contributed by atoms with Crippen molar-refractivity contribution in [2.24, 2.45) is 0 Å². The van der Waals surface area contributed by atoms with E-state index in [4.69, 9.17) is 9.47 Å². The first-order chi connectivity index (χ1) is 9.86. The fourth-order valence-corrected chi connectivity index (χ4v) is 3.29. The highest BCUT2D eigenvalue weighted by molar-refractivity contribution is 7.15. The normalized spacial score (nSPS) is 16.2. The van der Waals surface area contributed by atoms with Crippen LogP contribution in [-0.4, -0.2) is 43.3 Å². The summed E-state index contributed by atoms with van der Waals surface area (Å²) in [6.45, 7) is 4.62. The topological polar surface area (TPSA) is 34.6 Å². The van der Waals surface area contributed by atoms with Crippen LogP contribution in [0.3, 0.4) is 0 Å². The lowest BCUT2D eigenvalue weighted by Crippen LogP contribution is -2.35. The van der Waals surface area contributed by atoms with E-state index >= 15 is 0 Å². The van der Waals surface area contributed by atoms with Gasteiger partial charge in [0.25, 0.3) is 0 Å². The molecule has 3 rings (SSSR count). The van der Waals surface area contributed by atoms with E-state index in [0.717, 1.165) is 49.2 Å². The van der Waals surface area contributed by atoms with Gasteiger partial charge in [0, 0.05) is 30.7 Å². The molecule has 1 aromatic heterocycles. The highest BCUT2D eigenvalue weighted by Crippen LogP contribution is 2.32. The summed E-state index contributed by atoms with van der Waals surface area (Å²) in [6.07, 6.45) is 1.97. The van der Waals surface area contributed by atoms with E-state index in [9.17, 15) is 0 Å². The fourth-order valence-electron chi connectivity index (χ4n) is 2.31. The zero-order valence-electron chi connectivity index (χ0n) is 11.5. The van der Waals surface area contributed by atoms with Crippen LogP contribution in [0.2, 0.25) is 0 Å². The third-order valence-electron chi connectivity index (χ3n) is 3.37. The minimum Gasteiger partial charge on any atom is -0.496 e. The number of ether oxygens (including phenoxy) is 2. The first-order valence-electron chi connectivity index (χ1n) is 6.75. The fraction of sp³-hybridized carbons (Fsp3) is 0.400. The molecule has 5 heteroatoms. The lowest BCUT2D eigenvalue weighted by Gasteiger charge is -2.25. The predicted molar refractivity (Wildman–Crippen MR) is 80.2 cm³/mol. The van der Waals surface area contributed by atoms with Crippen molar-refractivity contribution in [1.82, 2.24) is 9.88 Å². The lowest BCUT2D eigenvalue weighted by atomic mass is 10.2. The monoisotopic (exact) mass is 290 g/mol. The summed E-state index contributed by atoms with van der Waals surface area (Å²) in [4.78, 5) is 8.23. The molecule has 2 aromatic rings. The summed E-state index contributed by atoms with van der Waals surface area (Å²) in [5, 5.41) is 1.02. The molecule has 0 N–H and O–H groups in total. The van der Waals surface area contributed by atoms with E-state index in [0.29, 0.717) is 0 Å². The quantitative estimate of drug-likeness (QED) is 0.867. The molecule has 1 fully saturated rings. The van der Waals surface area contributed by atoms with Gasteiger partial charge in [0.2, 0.25) is 0 Å². The first-order valence-corrected chi connectivity index (χ1v) is 7.56. The Labute approximate surface area is 123 Å². The van der Waals surface area contributed by atoms with Gasteiger partial charge in [-0.15, -0.1) is 11.3 Å². The number of hydrogen-bond acceptors (Lipinski definition) is 5. The molecule has 1 aliphatic rings. The molecule has 0 bridgehead atoms. The summed E-state index contributed by atoms with van der Waals surface area (Å²) in [6, 6.07) is 8.01. The zero-order chi connectivity index (χ0) is 13.8. The molecule has 0 amide bonds. The largest absolute Gasteiger partial charge is 0.496 e. The lowest BCUT2D eigenvalue weighted by molar-refractivity contribution is 0.0346. The van der Waals surface area contributed by atoms with Crippen molar-refractivity contribution in [2.75, 3.05) is 33.4 Å². The highest BCUT2D eigenvalue weighted by Gasteiger charge is 2.14. The van der Waals surface area contributed by atoms with Crippen molar-refractivity contribution in [3.8, 4) is 16.3 Å². The highest BCUT2D eigenvalue weighted by atomic mass is 32.1. The number of hydrogen-bond donors (Lipinski definition) is 0. The van der Waals surface area contributed by atoms with Gasteiger partial charge in [-0.3, -0.25) is 4.90 Å².